The molecule has 4 rings (SSSR count). The van der Waals surface area contributed by atoms with Crippen LogP contribution in [0.25, 0.3) is 0 Å². The highest BCUT2D eigenvalue weighted by atomic mass is 32.2. The second kappa shape index (κ2) is 8.50. The quantitative estimate of drug-likeness (QED) is 0.671. The first-order chi connectivity index (χ1) is 14.3. The number of carbonyl (C=O) groups excluding carboxylic acids is 1. The monoisotopic (exact) mass is 432 g/mol. The summed E-state index contributed by atoms with van der Waals surface area (Å²) in [5.41, 5.74) is 9.04. The Morgan fingerprint density at radius 3 is 2.43 bits per heavy atom. The van der Waals surface area contributed by atoms with Crippen molar-refractivity contribution in [3.8, 4) is 0 Å². The van der Waals surface area contributed by atoms with Crippen LogP contribution in [0.5, 0.6) is 0 Å². The van der Waals surface area contributed by atoms with Crippen LogP contribution in [0, 0.1) is 19.8 Å². The number of carbonyl (C=O) groups is 1. The molecule has 0 saturated carbocycles. The largest absolute Gasteiger partial charge is 0.447 e. The number of rotatable bonds is 5. The van der Waals surface area contributed by atoms with Crippen LogP contribution in [0.1, 0.15) is 42.2 Å². The molecule has 3 heterocycles. The Morgan fingerprint density at radius 1 is 1.10 bits per heavy atom. The first-order valence-corrected chi connectivity index (χ1v) is 11.7. The third-order valence-corrected chi connectivity index (χ3v) is 7.46. The molecule has 2 aliphatic rings. The molecule has 30 heavy (non-hydrogen) atoms. The van der Waals surface area contributed by atoms with E-state index in [0.717, 1.165) is 29.8 Å². The van der Waals surface area contributed by atoms with E-state index in [4.69, 9.17) is 4.42 Å². The maximum Gasteiger partial charge on any atom is 0.276 e. The molecule has 1 aromatic heterocycles. The van der Waals surface area contributed by atoms with E-state index in [-0.39, 0.29) is 23.0 Å². The Morgan fingerprint density at radius 2 is 1.80 bits per heavy atom. The Bertz CT molecular complexity index is 999. The van der Waals surface area contributed by atoms with Gasteiger partial charge in [-0.3, -0.25) is 10.2 Å². The van der Waals surface area contributed by atoms with Crippen LogP contribution in [0.4, 0.5) is 5.69 Å². The fraction of sp³-hybridized carbons (Fsp3) is 0.476. The van der Waals surface area contributed by atoms with Gasteiger partial charge >= 0.3 is 0 Å². The van der Waals surface area contributed by atoms with Gasteiger partial charge in [-0.15, -0.1) is 0 Å². The van der Waals surface area contributed by atoms with Crippen molar-refractivity contribution < 1.29 is 17.6 Å². The first kappa shape index (κ1) is 21.0. The molecular weight excluding hydrogens is 404 g/mol. The Balaban J connectivity index is 1.37. The predicted octanol–water partition coefficient (Wildman–Crippen LogP) is 2.47. The summed E-state index contributed by atoms with van der Waals surface area (Å²) in [7, 11) is -3.70. The van der Waals surface area contributed by atoms with Gasteiger partial charge in [0.1, 0.15) is 5.76 Å². The maximum atomic E-state index is 13.0. The summed E-state index contributed by atoms with van der Waals surface area (Å²) in [6, 6.07) is 9.14. The number of anilines is 1. The molecular formula is C21H28N4O4S. The van der Waals surface area contributed by atoms with Crippen LogP contribution in [0.3, 0.4) is 0 Å². The lowest BCUT2D eigenvalue weighted by Gasteiger charge is -2.29. The van der Waals surface area contributed by atoms with Gasteiger partial charge in [-0.1, -0.05) is 6.07 Å². The molecule has 1 aromatic carbocycles. The molecule has 9 heteroatoms. The Hall–Kier alpha value is -2.20. The lowest BCUT2D eigenvalue weighted by molar-refractivity contribution is -0.120. The summed E-state index contributed by atoms with van der Waals surface area (Å²) < 4.78 is 33.0. The lowest BCUT2D eigenvalue weighted by atomic mass is 9.97. The standard InChI is InChI=1S/C21H28N4O4S/c1-14-11-15(2)13-17(12-14)23-21(26)16-6-9-25(10-7-16)30(27,28)20-4-3-19(29-20)18-5-8-22-24-18/h3-4,11-13,16,18,22,24H,5-10H2,1-2H3,(H,23,26). The second-order valence-electron chi connectivity index (χ2n) is 8.11. The van der Waals surface area contributed by atoms with Crippen LogP contribution in [0.2, 0.25) is 0 Å². The van der Waals surface area contributed by atoms with Crippen LogP contribution in [-0.4, -0.2) is 38.3 Å². The van der Waals surface area contributed by atoms with Crippen LogP contribution in [-0.2, 0) is 14.8 Å². The van der Waals surface area contributed by atoms with Crippen molar-refractivity contribution in [2.75, 3.05) is 25.0 Å². The first-order valence-electron chi connectivity index (χ1n) is 10.3. The number of piperidine rings is 1. The summed E-state index contributed by atoms with van der Waals surface area (Å²) in [6.07, 6.45) is 1.81. The van der Waals surface area contributed by atoms with Gasteiger partial charge in [-0.2, -0.15) is 4.31 Å². The number of aryl methyl sites for hydroxylation is 2. The number of sulfonamides is 1. The van der Waals surface area contributed by atoms with E-state index in [1.54, 1.807) is 6.07 Å². The van der Waals surface area contributed by atoms with Crippen molar-refractivity contribution in [1.82, 2.24) is 15.2 Å². The molecule has 0 bridgehead atoms. The number of hydrogen-bond donors (Lipinski definition) is 3. The van der Waals surface area contributed by atoms with Gasteiger partial charge in [0.15, 0.2) is 0 Å². The van der Waals surface area contributed by atoms with E-state index in [2.05, 4.69) is 22.2 Å². The fourth-order valence-corrected chi connectivity index (χ4v) is 5.52. The smallest absolute Gasteiger partial charge is 0.276 e. The van der Waals surface area contributed by atoms with Gasteiger partial charge in [-0.05, 0) is 68.5 Å². The maximum absolute atomic E-state index is 13.0. The number of furan rings is 1. The second-order valence-corrected chi connectivity index (χ2v) is 9.98. The zero-order valence-electron chi connectivity index (χ0n) is 17.3. The van der Waals surface area contributed by atoms with E-state index in [0.29, 0.717) is 31.7 Å². The van der Waals surface area contributed by atoms with Gasteiger partial charge in [0, 0.05) is 31.2 Å². The number of amides is 1. The van der Waals surface area contributed by atoms with Crippen molar-refractivity contribution in [1.29, 1.82) is 0 Å². The summed E-state index contributed by atoms with van der Waals surface area (Å²) >= 11 is 0. The normalized spacial score (nSPS) is 21.1. The van der Waals surface area contributed by atoms with E-state index >= 15 is 0 Å². The van der Waals surface area contributed by atoms with E-state index in [9.17, 15) is 13.2 Å². The highest BCUT2D eigenvalue weighted by Gasteiger charge is 2.34. The minimum absolute atomic E-state index is 0.0198. The molecule has 1 amide bonds. The topological polar surface area (TPSA) is 104 Å². The van der Waals surface area contributed by atoms with Crippen molar-refractivity contribution in [2.24, 2.45) is 5.92 Å². The molecule has 1 unspecified atom stereocenters. The van der Waals surface area contributed by atoms with Crippen LogP contribution >= 0.6 is 0 Å². The minimum atomic E-state index is -3.70. The van der Waals surface area contributed by atoms with Gasteiger partial charge in [0.25, 0.3) is 10.0 Å². The van der Waals surface area contributed by atoms with E-state index < -0.39 is 10.0 Å². The average Bonchev–Trinajstić information content (AvgIpc) is 3.39. The molecule has 2 aromatic rings. The van der Waals surface area contributed by atoms with E-state index in [1.165, 1.54) is 10.4 Å². The Labute approximate surface area is 177 Å². The minimum Gasteiger partial charge on any atom is -0.447 e. The third-order valence-electron chi connectivity index (χ3n) is 5.69. The number of benzene rings is 1. The van der Waals surface area contributed by atoms with Gasteiger partial charge in [0.05, 0.1) is 6.04 Å². The van der Waals surface area contributed by atoms with Gasteiger partial charge in [-0.25, -0.2) is 13.8 Å². The van der Waals surface area contributed by atoms with E-state index in [1.807, 2.05) is 26.0 Å². The molecule has 0 spiro atoms. The van der Waals surface area contributed by atoms with Gasteiger partial charge < -0.3 is 9.73 Å². The van der Waals surface area contributed by atoms with Crippen LogP contribution in [0.15, 0.2) is 39.8 Å². The Kier molecular flexibility index (Phi) is 5.97. The molecule has 2 aliphatic heterocycles. The molecule has 1 atom stereocenters. The molecule has 2 saturated heterocycles. The SMILES string of the molecule is Cc1cc(C)cc(NC(=O)C2CCN(S(=O)(=O)c3ccc(C4CCNN4)o3)CC2)c1. The fourth-order valence-electron chi connectivity index (χ4n) is 4.13. The molecule has 0 radical (unpaired) electrons. The van der Waals surface area contributed by atoms with Crippen molar-refractivity contribution in [2.45, 2.75) is 44.2 Å². The predicted molar refractivity (Wildman–Crippen MR) is 113 cm³/mol. The summed E-state index contributed by atoms with van der Waals surface area (Å²) in [6.45, 7) is 5.39. The van der Waals surface area contributed by atoms with Crippen molar-refractivity contribution >= 4 is 21.6 Å². The molecule has 3 N–H and O–H groups in total. The average molecular weight is 433 g/mol. The molecule has 0 aliphatic carbocycles. The van der Waals surface area contributed by atoms with Crippen molar-refractivity contribution in [3.05, 3.63) is 47.2 Å². The number of nitrogens with one attached hydrogen (secondary N) is 3. The molecule has 162 valence electrons. The highest BCUT2D eigenvalue weighted by molar-refractivity contribution is 7.89. The van der Waals surface area contributed by atoms with Crippen molar-refractivity contribution in [3.63, 3.8) is 0 Å². The zero-order valence-corrected chi connectivity index (χ0v) is 18.1. The molecule has 2 fully saturated rings. The highest BCUT2D eigenvalue weighted by Crippen LogP contribution is 2.28. The lowest BCUT2D eigenvalue weighted by Crippen LogP contribution is -2.41. The van der Waals surface area contributed by atoms with Crippen LogP contribution < -0.4 is 16.2 Å². The third kappa shape index (κ3) is 4.44. The summed E-state index contributed by atoms with van der Waals surface area (Å²) in [4.78, 5) is 12.7. The number of nitrogens with zero attached hydrogens (tertiary/aromatic N) is 1. The summed E-state index contributed by atoms with van der Waals surface area (Å²) in [5.74, 6) is 0.344. The van der Waals surface area contributed by atoms with Gasteiger partial charge in [0.2, 0.25) is 11.0 Å². The summed E-state index contributed by atoms with van der Waals surface area (Å²) in [5, 5.41) is 2.94. The molecule has 8 nitrogen and oxygen atoms in total. The zero-order chi connectivity index (χ0) is 21.3. The number of hydrogen-bond acceptors (Lipinski definition) is 6. The number of hydrazine groups is 1.